The van der Waals surface area contributed by atoms with Crippen molar-refractivity contribution >= 4 is 35.7 Å². The molecule has 6 aromatic rings. The van der Waals surface area contributed by atoms with Crippen LogP contribution in [0.5, 0.6) is 23.0 Å². The summed E-state index contributed by atoms with van der Waals surface area (Å²) in [4.78, 5) is 35.1. The fourth-order valence-corrected chi connectivity index (χ4v) is 8.80. The molecule has 0 aliphatic rings. The summed E-state index contributed by atoms with van der Waals surface area (Å²) in [6.07, 6.45) is 33.2. The molecule has 0 spiro atoms. The summed E-state index contributed by atoms with van der Waals surface area (Å²) in [7, 11) is 0. The van der Waals surface area contributed by atoms with Gasteiger partial charge in [-0.05, 0) is 139 Å². The van der Waals surface area contributed by atoms with Crippen LogP contribution in [0.25, 0.3) is 0 Å². The highest BCUT2D eigenvalue weighted by molar-refractivity contribution is 5.93. The summed E-state index contributed by atoms with van der Waals surface area (Å²) >= 11 is 0. The smallest absolute Gasteiger partial charge is 0.343 e. The molecule has 8 nitrogen and oxygen atoms in total. The van der Waals surface area contributed by atoms with Crippen LogP contribution in [0, 0.1) is 0 Å². The number of rotatable bonds is 36. The van der Waals surface area contributed by atoms with Crippen molar-refractivity contribution < 1.29 is 28.5 Å². The van der Waals surface area contributed by atoms with Gasteiger partial charge in [0.25, 0.3) is 0 Å². The van der Waals surface area contributed by atoms with E-state index >= 15 is 0 Å². The zero-order valence-electron chi connectivity index (χ0n) is 45.0. The maximum atomic E-state index is 13.0. The first-order valence-corrected chi connectivity index (χ1v) is 28.3. The summed E-state index contributed by atoms with van der Waals surface area (Å²) in [6, 6.07) is 45.0. The molecule has 0 unspecified atom stereocenters. The zero-order valence-corrected chi connectivity index (χ0v) is 45.0. The van der Waals surface area contributed by atoms with Crippen molar-refractivity contribution in [3.05, 3.63) is 179 Å². The molecule has 0 aromatic heterocycles. The van der Waals surface area contributed by atoms with E-state index in [2.05, 4.69) is 23.8 Å². The topological polar surface area (TPSA) is 95.8 Å². The van der Waals surface area contributed by atoms with E-state index in [1.54, 1.807) is 61.0 Å². The first-order chi connectivity index (χ1) is 36.9. The lowest BCUT2D eigenvalue weighted by molar-refractivity contribution is 0.0725. The summed E-state index contributed by atoms with van der Waals surface area (Å²) in [5.41, 5.74) is 6.40. The Labute approximate surface area is 449 Å². The van der Waals surface area contributed by atoms with Gasteiger partial charge in [-0.2, -0.15) is 0 Å². The number of benzene rings is 6. The molecule has 396 valence electrons. The van der Waals surface area contributed by atoms with E-state index in [-0.39, 0.29) is 0 Å². The van der Waals surface area contributed by atoms with Crippen molar-refractivity contribution in [3.8, 4) is 23.0 Å². The monoisotopic (exact) mass is 1010 g/mol. The first kappa shape index (κ1) is 57.5. The standard InChI is InChI=1S/C67H82N2O6/c1-3-5-7-9-11-13-15-17-19-21-23-49-72-62-45-37-60(38-46-62)68-52-56-25-33-58(34-26-56)66(70)74-64-41-29-54(30-42-64)51-55-31-43-65(44-32-55)75-67(71)59-35-27-57(28-36-59)53-69-61-39-47-63(48-40-61)73-50-24-22-20-18-16-14-12-10-8-6-4-2/h25-48,52-53H,3-24,49-51H2,1-2H3. The van der Waals surface area contributed by atoms with E-state index in [1.165, 1.54) is 128 Å². The van der Waals surface area contributed by atoms with Gasteiger partial charge in [0.2, 0.25) is 0 Å². The van der Waals surface area contributed by atoms with Gasteiger partial charge in [-0.1, -0.05) is 191 Å². The summed E-state index contributed by atoms with van der Waals surface area (Å²) in [5.74, 6) is 1.78. The summed E-state index contributed by atoms with van der Waals surface area (Å²) in [6.45, 7) is 6.01. The number of carbonyl (C=O) groups excluding carboxylic acids is 2. The third kappa shape index (κ3) is 23.1. The number of hydrogen-bond donors (Lipinski definition) is 0. The highest BCUT2D eigenvalue weighted by Gasteiger charge is 2.11. The highest BCUT2D eigenvalue weighted by atomic mass is 16.5. The van der Waals surface area contributed by atoms with Crippen molar-refractivity contribution in [2.24, 2.45) is 9.98 Å². The Bertz CT molecular complexity index is 2370. The molecule has 0 fully saturated rings. The molecule has 0 saturated heterocycles. The summed E-state index contributed by atoms with van der Waals surface area (Å²) < 4.78 is 23.3. The molecule has 0 aliphatic heterocycles. The Kier molecular flexibility index (Phi) is 26.5. The Morgan fingerprint density at radius 3 is 0.960 bits per heavy atom. The number of hydrogen-bond acceptors (Lipinski definition) is 8. The number of aliphatic imine (C=N–C) groups is 2. The summed E-state index contributed by atoms with van der Waals surface area (Å²) in [5, 5.41) is 0. The van der Waals surface area contributed by atoms with Crippen LogP contribution in [0.15, 0.2) is 156 Å². The van der Waals surface area contributed by atoms with Crippen molar-refractivity contribution in [1.82, 2.24) is 0 Å². The Hall–Kier alpha value is -6.80. The lowest BCUT2D eigenvalue weighted by Crippen LogP contribution is -2.08. The maximum Gasteiger partial charge on any atom is 0.343 e. The quantitative estimate of drug-likeness (QED) is 0.0168. The van der Waals surface area contributed by atoms with E-state index in [0.29, 0.717) is 29.0 Å². The van der Waals surface area contributed by atoms with E-state index < -0.39 is 11.9 Å². The predicted molar refractivity (Wildman–Crippen MR) is 310 cm³/mol. The minimum Gasteiger partial charge on any atom is -0.494 e. The molecule has 0 radical (unpaired) electrons. The van der Waals surface area contributed by atoms with Crippen LogP contribution >= 0.6 is 0 Å². The molecule has 0 atom stereocenters. The molecule has 6 rings (SSSR count). The Balaban J connectivity index is 0.830. The van der Waals surface area contributed by atoms with E-state index in [9.17, 15) is 9.59 Å². The normalized spacial score (nSPS) is 11.3. The van der Waals surface area contributed by atoms with Crippen molar-refractivity contribution in [2.45, 2.75) is 162 Å². The first-order valence-electron chi connectivity index (χ1n) is 28.3. The Morgan fingerprint density at radius 2 is 0.640 bits per heavy atom. The van der Waals surface area contributed by atoms with Crippen LogP contribution < -0.4 is 18.9 Å². The van der Waals surface area contributed by atoms with Gasteiger partial charge >= 0.3 is 11.9 Å². The zero-order chi connectivity index (χ0) is 52.4. The van der Waals surface area contributed by atoms with Crippen molar-refractivity contribution in [1.29, 1.82) is 0 Å². The van der Waals surface area contributed by atoms with Gasteiger partial charge in [-0.25, -0.2) is 9.59 Å². The minimum absolute atomic E-state index is 0.433. The average molecular weight is 1010 g/mol. The second-order valence-corrected chi connectivity index (χ2v) is 19.8. The third-order valence-corrected chi connectivity index (χ3v) is 13.4. The molecule has 0 amide bonds. The van der Waals surface area contributed by atoms with Crippen LogP contribution in [-0.4, -0.2) is 37.6 Å². The third-order valence-electron chi connectivity index (χ3n) is 13.4. The van der Waals surface area contributed by atoms with Gasteiger partial charge in [-0.15, -0.1) is 0 Å². The predicted octanol–water partition coefficient (Wildman–Crippen LogP) is 18.6. The maximum absolute atomic E-state index is 13.0. The molecular formula is C67H82N2O6. The fraction of sp³-hybridized carbons (Fsp3) is 0.403. The molecule has 6 aromatic carbocycles. The molecule has 0 bridgehead atoms. The second-order valence-electron chi connectivity index (χ2n) is 19.8. The van der Waals surface area contributed by atoms with Crippen molar-refractivity contribution in [3.63, 3.8) is 0 Å². The van der Waals surface area contributed by atoms with Gasteiger partial charge < -0.3 is 18.9 Å². The van der Waals surface area contributed by atoms with Gasteiger partial charge in [0, 0.05) is 12.4 Å². The second kappa shape index (κ2) is 34.6. The average Bonchev–Trinajstić information content (AvgIpc) is 3.44. The molecular weight excluding hydrogens is 929 g/mol. The molecule has 0 N–H and O–H groups in total. The van der Waals surface area contributed by atoms with Crippen LogP contribution in [0.1, 0.15) is 198 Å². The number of esters is 2. The van der Waals surface area contributed by atoms with Gasteiger partial charge in [0.05, 0.1) is 35.7 Å². The van der Waals surface area contributed by atoms with E-state index in [1.807, 2.05) is 97.1 Å². The molecule has 0 aliphatic carbocycles. The fourth-order valence-electron chi connectivity index (χ4n) is 8.80. The highest BCUT2D eigenvalue weighted by Crippen LogP contribution is 2.23. The van der Waals surface area contributed by atoms with Crippen molar-refractivity contribution in [2.75, 3.05) is 13.2 Å². The largest absolute Gasteiger partial charge is 0.494 e. The van der Waals surface area contributed by atoms with Crippen LogP contribution in [-0.2, 0) is 6.42 Å². The number of carbonyl (C=O) groups is 2. The number of ether oxygens (including phenoxy) is 4. The number of nitrogens with zero attached hydrogens (tertiary/aromatic N) is 2. The molecule has 8 heteroatoms. The van der Waals surface area contributed by atoms with Crippen LogP contribution in [0.4, 0.5) is 11.4 Å². The van der Waals surface area contributed by atoms with E-state index in [4.69, 9.17) is 18.9 Å². The van der Waals surface area contributed by atoms with Gasteiger partial charge in [0.1, 0.15) is 23.0 Å². The van der Waals surface area contributed by atoms with E-state index in [0.717, 1.165) is 71.2 Å². The van der Waals surface area contributed by atoms with Gasteiger partial charge in [0.15, 0.2) is 0 Å². The molecule has 0 heterocycles. The lowest BCUT2D eigenvalue weighted by atomic mass is 10.0. The number of unbranched alkanes of at least 4 members (excludes halogenated alkanes) is 20. The minimum atomic E-state index is -0.433. The molecule has 0 saturated carbocycles. The SMILES string of the molecule is CCCCCCCCCCCCCOc1ccc(N=Cc2ccc(C(=O)Oc3ccc(Cc4ccc(OC(=O)c5ccc(C=Nc6ccc(OCCCCCCCCCCCCC)cc6)cc5)cc4)cc3)cc2)cc1. The molecule has 75 heavy (non-hydrogen) atoms. The lowest BCUT2D eigenvalue weighted by Gasteiger charge is -2.08. The Morgan fingerprint density at radius 1 is 0.347 bits per heavy atom. The van der Waals surface area contributed by atoms with Crippen LogP contribution in [0.3, 0.4) is 0 Å². The van der Waals surface area contributed by atoms with Gasteiger partial charge in [-0.3, -0.25) is 9.98 Å². The van der Waals surface area contributed by atoms with Crippen LogP contribution in [0.2, 0.25) is 0 Å².